The molecule has 0 aliphatic carbocycles. The van der Waals surface area contributed by atoms with Crippen LogP contribution in [0.1, 0.15) is 15.9 Å². The Kier molecular flexibility index (Phi) is 6.16. The molecule has 2 aromatic carbocycles. The third-order valence-corrected chi connectivity index (χ3v) is 4.43. The molecule has 0 radical (unpaired) electrons. The Labute approximate surface area is 168 Å². The smallest absolute Gasteiger partial charge is 0.369 e. The van der Waals surface area contributed by atoms with Crippen LogP contribution in [0.5, 0.6) is 0 Å². The zero-order chi connectivity index (χ0) is 21.5. The highest BCUT2D eigenvalue weighted by atomic mass is 35.5. The number of carbonyl (C=O) groups is 1. The second-order valence-corrected chi connectivity index (χ2v) is 6.73. The first-order valence-corrected chi connectivity index (χ1v) is 8.24. The molecule has 152 valence electrons. The van der Waals surface area contributed by atoms with Crippen LogP contribution in [0.2, 0.25) is 15.1 Å². The number of rotatable bonds is 3. The number of benzene rings is 2. The van der Waals surface area contributed by atoms with E-state index in [1.54, 1.807) is 0 Å². The van der Waals surface area contributed by atoms with Crippen molar-refractivity contribution in [1.82, 2.24) is 0 Å². The number of aliphatic hydroxyl groups is 1. The molecular formula is C16H8Cl3F6NO2. The van der Waals surface area contributed by atoms with Crippen molar-refractivity contribution in [1.29, 1.82) is 0 Å². The molecule has 3 nitrogen and oxygen atoms in total. The Hall–Kier alpha value is -1.68. The lowest BCUT2D eigenvalue weighted by atomic mass is 9.92. The maximum Gasteiger partial charge on any atom is 0.430 e. The van der Waals surface area contributed by atoms with Crippen LogP contribution in [0, 0.1) is 0 Å². The second kappa shape index (κ2) is 7.62. The van der Waals surface area contributed by atoms with Gasteiger partial charge in [-0.15, -0.1) is 0 Å². The number of nitrogens with one attached hydrogen (secondary N) is 1. The minimum absolute atomic E-state index is 0.116. The van der Waals surface area contributed by atoms with E-state index in [-0.39, 0.29) is 26.3 Å². The molecule has 0 bridgehead atoms. The fraction of sp³-hybridized carbons (Fsp3) is 0.188. The average Bonchev–Trinajstić information content (AvgIpc) is 2.51. The monoisotopic (exact) mass is 465 g/mol. The number of alkyl halides is 6. The van der Waals surface area contributed by atoms with Crippen LogP contribution in [0.15, 0.2) is 36.4 Å². The lowest BCUT2D eigenvalue weighted by Gasteiger charge is -2.32. The first-order valence-electron chi connectivity index (χ1n) is 7.10. The standard InChI is InChI=1S/C16H8Cl3F6NO2/c17-8-5-10(18)12(11(19)6-8)13(27)26-9-3-1-7(2-4-9)14(28,15(20,21)22)16(23,24)25/h1-6,28H,(H,26,27). The van der Waals surface area contributed by atoms with E-state index in [9.17, 15) is 36.2 Å². The highest BCUT2D eigenvalue weighted by Crippen LogP contribution is 2.50. The van der Waals surface area contributed by atoms with Gasteiger partial charge >= 0.3 is 12.4 Å². The largest absolute Gasteiger partial charge is 0.430 e. The molecule has 2 N–H and O–H groups in total. The van der Waals surface area contributed by atoms with Crippen molar-refractivity contribution in [3.63, 3.8) is 0 Å². The zero-order valence-electron chi connectivity index (χ0n) is 13.2. The van der Waals surface area contributed by atoms with Crippen molar-refractivity contribution in [2.45, 2.75) is 18.0 Å². The molecule has 12 heteroatoms. The quantitative estimate of drug-likeness (QED) is 0.528. The molecule has 0 unspecified atom stereocenters. The number of amides is 1. The Morgan fingerprint density at radius 3 is 1.68 bits per heavy atom. The number of anilines is 1. The van der Waals surface area contributed by atoms with Gasteiger partial charge in [0.2, 0.25) is 0 Å². The summed E-state index contributed by atoms with van der Waals surface area (Å²) in [6.07, 6.45) is -12.0. The summed E-state index contributed by atoms with van der Waals surface area (Å²) in [4.78, 5) is 12.2. The third-order valence-electron chi connectivity index (χ3n) is 3.61. The topological polar surface area (TPSA) is 49.3 Å². The number of hydrogen-bond donors (Lipinski definition) is 2. The lowest BCUT2D eigenvalue weighted by molar-refractivity contribution is -0.376. The molecular weight excluding hydrogens is 459 g/mol. The molecule has 0 heterocycles. The van der Waals surface area contributed by atoms with E-state index in [2.05, 4.69) is 5.32 Å². The highest BCUT2D eigenvalue weighted by Gasteiger charge is 2.71. The zero-order valence-corrected chi connectivity index (χ0v) is 15.5. The minimum Gasteiger partial charge on any atom is -0.369 e. The third kappa shape index (κ3) is 4.17. The summed E-state index contributed by atoms with van der Waals surface area (Å²) < 4.78 is 77.2. The molecule has 28 heavy (non-hydrogen) atoms. The molecule has 0 spiro atoms. The molecule has 0 saturated heterocycles. The predicted molar refractivity (Wildman–Crippen MR) is 91.9 cm³/mol. The first-order chi connectivity index (χ1) is 12.7. The molecule has 2 rings (SSSR count). The summed E-state index contributed by atoms with van der Waals surface area (Å²) in [5, 5.41) is 11.5. The van der Waals surface area contributed by atoms with Crippen LogP contribution in [0.4, 0.5) is 32.0 Å². The fourth-order valence-corrected chi connectivity index (χ4v) is 3.22. The first kappa shape index (κ1) is 22.6. The van der Waals surface area contributed by atoms with E-state index >= 15 is 0 Å². The molecule has 0 aromatic heterocycles. The van der Waals surface area contributed by atoms with Crippen molar-refractivity contribution in [3.05, 3.63) is 62.6 Å². The normalized spacial score (nSPS) is 12.8. The van der Waals surface area contributed by atoms with Gasteiger partial charge in [0.05, 0.1) is 15.6 Å². The van der Waals surface area contributed by atoms with E-state index in [0.29, 0.717) is 12.1 Å². The van der Waals surface area contributed by atoms with Gasteiger partial charge in [-0.25, -0.2) is 0 Å². The van der Waals surface area contributed by atoms with Crippen LogP contribution in [0.3, 0.4) is 0 Å². The van der Waals surface area contributed by atoms with Gasteiger partial charge in [-0.05, 0) is 24.3 Å². The van der Waals surface area contributed by atoms with Gasteiger partial charge in [0, 0.05) is 16.3 Å². The van der Waals surface area contributed by atoms with E-state index in [1.165, 1.54) is 12.1 Å². The Bertz CT molecular complexity index is 860. The van der Waals surface area contributed by atoms with E-state index in [4.69, 9.17) is 34.8 Å². The highest BCUT2D eigenvalue weighted by molar-refractivity contribution is 6.42. The summed E-state index contributed by atoms with van der Waals surface area (Å²) in [5.74, 6) is -0.874. The molecule has 0 aliphatic rings. The van der Waals surface area contributed by atoms with Crippen molar-refractivity contribution in [2.75, 3.05) is 5.32 Å². The summed E-state index contributed by atoms with van der Waals surface area (Å²) in [6, 6.07) is 4.74. The summed E-state index contributed by atoms with van der Waals surface area (Å²) in [6.45, 7) is 0. The van der Waals surface area contributed by atoms with Crippen molar-refractivity contribution >= 4 is 46.4 Å². The number of hydrogen-bond acceptors (Lipinski definition) is 2. The average molecular weight is 467 g/mol. The van der Waals surface area contributed by atoms with Crippen molar-refractivity contribution in [3.8, 4) is 0 Å². The van der Waals surface area contributed by atoms with Crippen LogP contribution in [0.25, 0.3) is 0 Å². The SMILES string of the molecule is O=C(Nc1ccc(C(O)(C(F)(F)F)C(F)(F)F)cc1)c1c(Cl)cc(Cl)cc1Cl. The Morgan fingerprint density at radius 1 is 0.857 bits per heavy atom. The maximum atomic E-state index is 12.9. The van der Waals surface area contributed by atoms with Crippen LogP contribution < -0.4 is 5.32 Å². The van der Waals surface area contributed by atoms with Gasteiger partial charge in [0.25, 0.3) is 11.5 Å². The molecule has 0 atom stereocenters. The molecule has 1 amide bonds. The van der Waals surface area contributed by atoms with Crippen LogP contribution >= 0.6 is 34.8 Å². The number of carbonyl (C=O) groups excluding carboxylic acids is 1. The minimum atomic E-state index is -6.01. The van der Waals surface area contributed by atoms with Gasteiger partial charge in [-0.3, -0.25) is 4.79 Å². The molecule has 2 aromatic rings. The second-order valence-electron chi connectivity index (χ2n) is 5.48. The van der Waals surface area contributed by atoms with Gasteiger partial charge in [0.1, 0.15) is 0 Å². The Balaban J connectivity index is 2.34. The van der Waals surface area contributed by atoms with E-state index in [0.717, 1.165) is 12.1 Å². The van der Waals surface area contributed by atoms with Crippen LogP contribution in [-0.4, -0.2) is 23.4 Å². The van der Waals surface area contributed by atoms with Gasteiger partial charge < -0.3 is 10.4 Å². The fourth-order valence-electron chi connectivity index (χ4n) is 2.24. The summed E-state index contributed by atoms with van der Waals surface area (Å²) in [5.41, 5.74) is -6.89. The van der Waals surface area contributed by atoms with Crippen molar-refractivity contribution < 1.29 is 36.2 Å². The van der Waals surface area contributed by atoms with E-state index < -0.39 is 29.4 Å². The molecule has 0 saturated carbocycles. The van der Waals surface area contributed by atoms with Crippen LogP contribution in [-0.2, 0) is 5.60 Å². The molecule has 0 aliphatic heterocycles. The van der Waals surface area contributed by atoms with Gasteiger partial charge in [-0.2, -0.15) is 26.3 Å². The summed E-state index contributed by atoms with van der Waals surface area (Å²) >= 11 is 17.4. The lowest BCUT2D eigenvalue weighted by Crippen LogP contribution is -2.53. The van der Waals surface area contributed by atoms with E-state index in [1.807, 2.05) is 0 Å². The van der Waals surface area contributed by atoms with Crippen molar-refractivity contribution in [2.24, 2.45) is 0 Å². The Morgan fingerprint density at radius 2 is 1.29 bits per heavy atom. The number of halogens is 9. The summed E-state index contributed by atoms with van der Waals surface area (Å²) in [7, 11) is 0. The van der Waals surface area contributed by atoms with Gasteiger partial charge in [0.15, 0.2) is 0 Å². The maximum absolute atomic E-state index is 12.9. The molecule has 0 fully saturated rings. The van der Waals surface area contributed by atoms with Gasteiger partial charge in [-0.1, -0.05) is 46.9 Å². The predicted octanol–water partition coefficient (Wildman–Crippen LogP) is 6.21.